The van der Waals surface area contributed by atoms with Crippen LogP contribution in [0.5, 0.6) is 0 Å². The summed E-state index contributed by atoms with van der Waals surface area (Å²) in [6.45, 7) is 5.23. The lowest BCUT2D eigenvalue weighted by Crippen LogP contribution is -2.42. The molecule has 1 heterocycles. The second kappa shape index (κ2) is 6.68. The smallest absolute Gasteiger partial charge is 0.325 e. The van der Waals surface area contributed by atoms with Crippen molar-refractivity contribution in [1.82, 2.24) is 10.2 Å². The number of hydrogen-bond donors (Lipinski definition) is 2. The third-order valence-corrected chi connectivity index (χ3v) is 3.56. The monoisotopic (exact) mass is 262 g/mol. The fraction of sp³-hybridized carbons (Fsp3) is 0.533. The SMILES string of the molecule is CC(CN1CCCC1)NC(C(=O)O)c1ccccc1. The Morgan fingerprint density at radius 1 is 1.32 bits per heavy atom. The summed E-state index contributed by atoms with van der Waals surface area (Å²) in [6.07, 6.45) is 2.52. The average Bonchev–Trinajstić information content (AvgIpc) is 2.89. The molecule has 2 atom stereocenters. The van der Waals surface area contributed by atoms with Crippen LogP contribution in [0, 0.1) is 0 Å². The Labute approximate surface area is 114 Å². The molecule has 0 aromatic heterocycles. The van der Waals surface area contributed by atoms with E-state index in [0.29, 0.717) is 0 Å². The number of aliphatic carboxylic acids is 1. The molecule has 104 valence electrons. The molecule has 0 aliphatic carbocycles. The largest absolute Gasteiger partial charge is 0.480 e. The zero-order valence-electron chi connectivity index (χ0n) is 11.4. The Morgan fingerprint density at radius 2 is 1.95 bits per heavy atom. The van der Waals surface area contributed by atoms with Crippen LogP contribution in [0.15, 0.2) is 30.3 Å². The quantitative estimate of drug-likeness (QED) is 0.822. The minimum Gasteiger partial charge on any atom is -0.480 e. The van der Waals surface area contributed by atoms with E-state index in [1.54, 1.807) is 0 Å². The number of hydrogen-bond acceptors (Lipinski definition) is 3. The van der Waals surface area contributed by atoms with Crippen LogP contribution in [0.4, 0.5) is 0 Å². The van der Waals surface area contributed by atoms with Crippen molar-refractivity contribution in [2.75, 3.05) is 19.6 Å². The number of benzene rings is 1. The minimum absolute atomic E-state index is 0.166. The second-order valence-corrected chi connectivity index (χ2v) is 5.26. The van der Waals surface area contributed by atoms with Gasteiger partial charge in [-0.3, -0.25) is 10.1 Å². The third-order valence-electron chi connectivity index (χ3n) is 3.56. The highest BCUT2D eigenvalue weighted by atomic mass is 16.4. The van der Waals surface area contributed by atoms with Gasteiger partial charge >= 0.3 is 5.97 Å². The highest BCUT2D eigenvalue weighted by molar-refractivity contribution is 5.75. The van der Waals surface area contributed by atoms with Crippen LogP contribution < -0.4 is 5.32 Å². The van der Waals surface area contributed by atoms with E-state index in [9.17, 15) is 9.90 Å². The van der Waals surface area contributed by atoms with Crippen LogP contribution in [-0.2, 0) is 4.79 Å². The van der Waals surface area contributed by atoms with Crippen LogP contribution in [0.25, 0.3) is 0 Å². The Balaban J connectivity index is 1.94. The van der Waals surface area contributed by atoms with Crippen molar-refractivity contribution in [3.8, 4) is 0 Å². The predicted octanol–water partition coefficient (Wildman–Crippen LogP) is 1.89. The molecule has 4 heteroatoms. The topological polar surface area (TPSA) is 52.6 Å². The Morgan fingerprint density at radius 3 is 2.53 bits per heavy atom. The molecule has 1 aromatic carbocycles. The summed E-state index contributed by atoms with van der Waals surface area (Å²) in [6, 6.07) is 8.90. The molecular formula is C15H22N2O2. The molecule has 0 radical (unpaired) electrons. The lowest BCUT2D eigenvalue weighted by molar-refractivity contribution is -0.139. The van der Waals surface area contributed by atoms with Gasteiger partial charge in [0.1, 0.15) is 6.04 Å². The summed E-state index contributed by atoms with van der Waals surface area (Å²) in [4.78, 5) is 13.8. The molecule has 0 bridgehead atoms. The van der Waals surface area contributed by atoms with E-state index >= 15 is 0 Å². The number of rotatable bonds is 6. The number of likely N-dealkylation sites (tertiary alicyclic amines) is 1. The van der Waals surface area contributed by atoms with E-state index < -0.39 is 12.0 Å². The number of carbonyl (C=O) groups is 1. The summed E-state index contributed by atoms with van der Waals surface area (Å²) in [5.74, 6) is -0.820. The highest BCUT2D eigenvalue weighted by Gasteiger charge is 2.23. The second-order valence-electron chi connectivity index (χ2n) is 5.26. The summed E-state index contributed by atoms with van der Waals surface area (Å²) in [5.41, 5.74) is 0.809. The van der Waals surface area contributed by atoms with Crippen LogP contribution in [0.2, 0.25) is 0 Å². The van der Waals surface area contributed by atoms with E-state index in [0.717, 1.165) is 25.2 Å². The summed E-state index contributed by atoms with van der Waals surface area (Å²) in [5, 5.41) is 12.6. The normalized spacial score (nSPS) is 19.2. The van der Waals surface area contributed by atoms with Gasteiger partial charge < -0.3 is 10.0 Å². The van der Waals surface area contributed by atoms with Crippen molar-refractivity contribution in [2.24, 2.45) is 0 Å². The van der Waals surface area contributed by atoms with E-state index in [2.05, 4.69) is 17.1 Å². The molecule has 1 fully saturated rings. The van der Waals surface area contributed by atoms with Gasteiger partial charge in [-0.1, -0.05) is 30.3 Å². The van der Waals surface area contributed by atoms with Crippen LogP contribution in [0.3, 0.4) is 0 Å². The van der Waals surface area contributed by atoms with Gasteiger partial charge in [-0.15, -0.1) is 0 Å². The molecule has 2 unspecified atom stereocenters. The average molecular weight is 262 g/mol. The van der Waals surface area contributed by atoms with E-state index in [1.165, 1.54) is 12.8 Å². The molecule has 0 amide bonds. The standard InChI is InChI=1S/C15H22N2O2/c1-12(11-17-9-5-6-10-17)16-14(15(18)19)13-7-3-2-4-8-13/h2-4,7-8,12,14,16H,5-6,9-11H2,1H3,(H,18,19). The van der Waals surface area contributed by atoms with Crippen molar-refractivity contribution in [2.45, 2.75) is 31.8 Å². The van der Waals surface area contributed by atoms with Gasteiger partial charge in [-0.25, -0.2) is 0 Å². The lowest BCUT2D eigenvalue weighted by Gasteiger charge is -2.24. The number of nitrogens with zero attached hydrogens (tertiary/aromatic N) is 1. The Bertz CT molecular complexity index is 402. The van der Waals surface area contributed by atoms with Gasteiger partial charge in [0.25, 0.3) is 0 Å². The van der Waals surface area contributed by atoms with E-state index in [4.69, 9.17) is 0 Å². The van der Waals surface area contributed by atoms with Gasteiger partial charge in [0, 0.05) is 12.6 Å². The molecule has 2 N–H and O–H groups in total. The van der Waals surface area contributed by atoms with Crippen LogP contribution >= 0.6 is 0 Å². The predicted molar refractivity (Wildman–Crippen MR) is 75.1 cm³/mol. The first kappa shape index (κ1) is 14.0. The molecule has 4 nitrogen and oxygen atoms in total. The van der Waals surface area contributed by atoms with Gasteiger partial charge in [0.05, 0.1) is 0 Å². The zero-order valence-corrected chi connectivity index (χ0v) is 11.4. The first-order valence-corrected chi connectivity index (χ1v) is 6.93. The lowest BCUT2D eigenvalue weighted by atomic mass is 10.1. The molecule has 1 aliphatic rings. The Kier molecular flexibility index (Phi) is 4.93. The molecule has 1 saturated heterocycles. The molecular weight excluding hydrogens is 240 g/mol. The summed E-state index contributed by atoms with van der Waals surface area (Å²) in [7, 11) is 0. The molecule has 2 rings (SSSR count). The maximum Gasteiger partial charge on any atom is 0.325 e. The van der Waals surface area contributed by atoms with Crippen LogP contribution in [-0.4, -0.2) is 41.7 Å². The molecule has 0 spiro atoms. The van der Waals surface area contributed by atoms with Crippen molar-refractivity contribution < 1.29 is 9.90 Å². The fourth-order valence-electron chi connectivity index (χ4n) is 2.65. The number of carboxylic acids is 1. The summed E-state index contributed by atoms with van der Waals surface area (Å²) >= 11 is 0. The van der Waals surface area contributed by atoms with Gasteiger partial charge in [-0.05, 0) is 38.4 Å². The van der Waals surface area contributed by atoms with E-state index in [-0.39, 0.29) is 6.04 Å². The van der Waals surface area contributed by atoms with Crippen molar-refractivity contribution in [3.63, 3.8) is 0 Å². The van der Waals surface area contributed by atoms with Crippen LogP contribution in [0.1, 0.15) is 31.4 Å². The van der Waals surface area contributed by atoms with Gasteiger partial charge in [0.2, 0.25) is 0 Å². The van der Waals surface area contributed by atoms with Gasteiger partial charge in [-0.2, -0.15) is 0 Å². The molecule has 19 heavy (non-hydrogen) atoms. The fourth-order valence-corrected chi connectivity index (χ4v) is 2.65. The minimum atomic E-state index is -0.820. The van der Waals surface area contributed by atoms with Crippen molar-refractivity contribution in [1.29, 1.82) is 0 Å². The third kappa shape index (κ3) is 4.04. The van der Waals surface area contributed by atoms with E-state index in [1.807, 2.05) is 30.3 Å². The first-order valence-electron chi connectivity index (χ1n) is 6.93. The Hall–Kier alpha value is -1.39. The maximum absolute atomic E-state index is 11.4. The van der Waals surface area contributed by atoms with Crippen molar-refractivity contribution in [3.05, 3.63) is 35.9 Å². The molecule has 0 saturated carbocycles. The summed E-state index contributed by atoms with van der Waals surface area (Å²) < 4.78 is 0. The highest BCUT2D eigenvalue weighted by Crippen LogP contribution is 2.14. The van der Waals surface area contributed by atoms with Gasteiger partial charge in [0.15, 0.2) is 0 Å². The molecule has 1 aromatic rings. The maximum atomic E-state index is 11.4. The number of nitrogens with one attached hydrogen (secondary N) is 1. The first-order chi connectivity index (χ1) is 9.16. The van der Waals surface area contributed by atoms with Crippen molar-refractivity contribution >= 4 is 5.97 Å². The number of carboxylic acid groups (broad SMARTS) is 1. The zero-order chi connectivity index (χ0) is 13.7. The molecule has 1 aliphatic heterocycles.